The quantitative estimate of drug-likeness (QED) is 0.110. The van der Waals surface area contributed by atoms with Gasteiger partial charge in [-0.1, -0.05) is 70.4 Å². The van der Waals surface area contributed by atoms with E-state index in [2.05, 4.69) is 24.4 Å². The Bertz CT molecular complexity index is 542. The molecule has 0 spiro atoms. The Hall–Kier alpha value is -2.11. The first-order valence-electron chi connectivity index (χ1n) is 12.0. The lowest BCUT2D eigenvalue weighted by Gasteiger charge is -2.12. The van der Waals surface area contributed by atoms with Gasteiger partial charge in [-0.25, -0.2) is 9.59 Å². The minimum atomic E-state index is -1.21. The van der Waals surface area contributed by atoms with Crippen molar-refractivity contribution in [1.29, 1.82) is 0 Å². The number of hydrogen-bond donors (Lipinski definition) is 2. The second-order valence-electron chi connectivity index (χ2n) is 8.06. The molecule has 0 aliphatic heterocycles. The summed E-state index contributed by atoms with van der Waals surface area (Å²) >= 11 is 0. The number of ether oxygens (including phenoxy) is 1. The number of hydrogen-bond acceptors (Lipinski definition) is 4. The second kappa shape index (κ2) is 21.1. The van der Waals surface area contributed by atoms with Gasteiger partial charge in [0.1, 0.15) is 6.10 Å². The summed E-state index contributed by atoms with van der Waals surface area (Å²) < 4.78 is 4.97. The molecule has 1 unspecified atom stereocenters. The highest BCUT2D eigenvalue weighted by atomic mass is 16.5. The highest BCUT2D eigenvalue weighted by Crippen LogP contribution is 2.10. The standard InChI is InChI=1S/C25H43NO5/c1-3-4-5-6-7-8-9-10-11-12-13-14-15-16-17-18-23(27)26-21-22(2)31-25(30)20-19-24(28)29/h10-11,19-20,22H,3-9,12-18,21H2,1-2H3,(H,26,27)(H,28,29)/b11-10+,20-19+. The van der Waals surface area contributed by atoms with Crippen molar-refractivity contribution in [2.75, 3.05) is 6.54 Å². The molecule has 2 N–H and O–H groups in total. The summed E-state index contributed by atoms with van der Waals surface area (Å²) in [5.41, 5.74) is 0. The Morgan fingerprint density at radius 3 is 1.97 bits per heavy atom. The summed E-state index contributed by atoms with van der Waals surface area (Å²) in [7, 11) is 0. The normalized spacial score (nSPS) is 12.3. The van der Waals surface area contributed by atoms with Crippen LogP contribution in [0, 0.1) is 0 Å². The van der Waals surface area contributed by atoms with Crippen molar-refractivity contribution in [2.45, 2.75) is 110 Å². The summed E-state index contributed by atoms with van der Waals surface area (Å²) in [6, 6.07) is 0. The van der Waals surface area contributed by atoms with E-state index in [1.54, 1.807) is 6.92 Å². The number of nitrogens with one attached hydrogen (secondary N) is 1. The Kier molecular flexibility index (Phi) is 19.7. The van der Waals surface area contributed by atoms with Crippen molar-refractivity contribution in [3.63, 3.8) is 0 Å². The Labute approximate surface area is 188 Å². The van der Waals surface area contributed by atoms with Crippen LogP contribution in [-0.2, 0) is 19.1 Å². The Balaban J connectivity index is 3.49. The highest BCUT2D eigenvalue weighted by molar-refractivity contribution is 5.90. The van der Waals surface area contributed by atoms with Crippen molar-refractivity contribution in [3.8, 4) is 0 Å². The first kappa shape index (κ1) is 28.9. The molecule has 178 valence electrons. The third-order valence-electron chi connectivity index (χ3n) is 4.93. The van der Waals surface area contributed by atoms with Gasteiger partial charge in [0.05, 0.1) is 6.54 Å². The number of amides is 1. The van der Waals surface area contributed by atoms with E-state index in [0.717, 1.165) is 37.8 Å². The van der Waals surface area contributed by atoms with Gasteiger partial charge in [0, 0.05) is 18.6 Å². The van der Waals surface area contributed by atoms with Crippen LogP contribution in [0.5, 0.6) is 0 Å². The van der Waals surface area contributed by atoms with Gasteiger partial charge in [0.25, 0.3) is 0 Å². The summed E-state index contributed by atoms with van der Waals surface area (Å²) in [4.78, 5) is 33.5. The van der Waals surface area contributed by atoms with Crippen LogP contribution in [0.4, 0.5) is 0 Å². The maximum atomic E-state index is 11.8. The molecule has 0 heterocycles. The van der Waals surface area contributed by atoms with Gasteiger partial charge in [-0.05, 0) is 39.0 Å². The van der Waals surface area contributed by atoms with Crippen molar-refractivity contribution < 1.29 is 24.2 Å². The summed E-state index contributed by atoms with van der Waals surface area (Å²) in [5.74, 6) is -2.00. The molecule has 0 aliphatic carbocycles. The number of unbranched alkanes of at least 4 members (excludes halogenated alkanes) is 11. The predicted molar refractivity (Wildman–Crippen MR) is 125 cm³/mol. The van der Waals surface area contributed by atoms with E-state index in [1.807, 2.05) is 0 Å². The SMILES string of the molecule is CCCCCCCC/C=C/CCCCCCCC(=O)NCC(C)OC(=O)/C=C/C(=O)O. The zero-order chi connectivity index (χ0) is 23.2. The zero-order valence-corrected chi connectivity index (χ0v) is 19.6. The Morgan fingerprint density at radius 2 is 1.39 bits per heavy atom. The van der Waals surface area contributed by atoms with E-state index in [0.29, 0.717) is 6.42 Å². The summed E-state index contributed by atoms with van der Waals surface area (Å²) in [6.45, 7) is 4.11. The van der Waals surface area contributed by atoms with Crippen molar-refractivity contribution in [1.82, 2.24) is 5.32 Å². The first-order chi connectivity index (χ1) is 15.0. The third kappa shape index (κ3) is 22.4. The van der Waals surface area contributed by atoms with Crippen LogP contribution in [0.1, 0.15) is 104 Å². The fourth-order valence-corrected chi connectivity index (χ4v) is 3.12. The number of carbonyl (C=O) groups excluding carboxylic acids is 2. The fraction of sp³-hybridized carbons (Fsp3) is 0.720. The van der Waals surface area contributed by atoms with E-state index >= 15 is 0 Å². The summed E-state index contributed by atoms with van der Waals surface area (Å²) in [6.07, 6.45) is 22.1. The highest BCUT2D eigenvalue weighted by Gasteiger charge is 2.09. The van der Waals surface area contributed by atoms with Crippen LogP contribution in [0.3, 0.4) is 0 Å². The molecule has 0 saturated heterocycles. The number of carbonyl (C=O) groups is 3. The molecule has 0 rings (SSSR count). The molecule has 0 fully saturated rings. The van der Waals surface area contributed by atoms with Gasteiger partial charge in [-0.15, -0.1) is 0 Å². The lowest BCUT2D eigenvalue weighted by atomic mass is 10.1. The molecule has 31 heavy (non-hydrogen) atoms. The average Bonchev–Trinajstić information content (AvgIpc) is 2.73. The van der Waals surface area contributed by atoms with E-state index in [-0.39, 0.29) is 12.5 Å². The monoisotopic (exact) mass is 437 g/mol. The molecule has 0 aromatic rings. The van der Waals surface area contributed by atoms with E-state index < -0.39 is 18.0 Å². The fourth-order valence-electron chi connectivity index (χ4n) is 3.12. The number of rotatable bonds is 20. The van der Waals surface area contributed by atoms with Crippen molar-refractivity contribution >= 4 is 17.8 Å². The van der Waals surface area contributed by atoms with Gasteiger partial charge in [0.15, 0.2) is 0 Å². The van der Waals surface area contributed by atoms with Crippen LogP contribution in [-0.4, -0.2) is 35.6 Å². The minimum Gasteiger partial charge on any atom is -0.478 e. The second-order valence-corrected chi connectivity index (χ2v) is 8.06. The van der Waals surface area contributed by atoms with Crippen molar-refractivity contribution in [2.24, 2.45) is 0 Å². The zero-order valence-electron chi connectivity index (χ0n) is 19.6. The topological polar surface area (TPSA) is 92.7 Å². The van der Waals surface area contributed by atoms with Crippen LogP contribution in [0.15, 0.2) is 24.3 Å². The maximum absolute atomic E-state index is 11.8. The summed E-state index contributed by atoms with van der Waals surface area (Å²) in [5, 5.41) is 11.2. The minimum absolute atomic E-state index is 0.0541. The van der Waals surface area contributed by atoms with Crippen molar-refractivity contribution in [3.05, 3.63) is 24.3 Å². The molecule has 0 aromatic carbocycles. The molecule has 1 amide bonds. The van der Waals surface area contributed by atoms with Gasteiger partial charge in [0.2, 0.25) is 5.91 Å². The molecule has 0 bridgehead atoms. The van der Waals surface area contributed by atoms with E-state index in [9.17, 15) is 14.4 Å². The number of allylic oxidation sites excluding steroid dienone is 2. The number of esters is 1. The number of aliphatic carboxylic acids is 1. The van der Waals surface area contributed by atoms with Gasteiger partial charge < -0.3 is 15.2 Å². The van der Waals surface area contributed by atoms with E-state index in [4.69, 9.17) is 9.84 Å². The molecule has 0 saturated carbocycles. The Morgan fingerprint density at radius 1 is 0.839 bits per heavy atom. The molecule has 0 aliphatic rings. The molecule has 0 radical (unpaired) electrons. The lowest BCUT2D eigenvalue weighted by Crippen LogP contribution is -2.32. The molecular formula is C25H43NO5. The van der Waals surface area contributed by atoms with Crippen LogP contribution >= 0.6 is 0 Å². The molecule has 6 heteroatoms. The largest absolute Gasteiger partial charge is 0.478 e. The van der Waals surface area contributed by atoms with Crippen LogP contribution in [0.25, 0.3) is 0 Å². The smallest absolute Gasteiger partial charge is 0.331 e. The number of carboxylic acid groups (broad SMARTS) is 1. The molecule has 1 atom stereocenters. The maximum Gasteiger partial charge on any atom is 0.331 e. The lowest BCUT2D eigenvalue weighted by molar-refractivity contribution is -0.143. The number of carboxylic acids is 1. The van der Waals surface area contributed by atoms with Gasteiger partial charge in [-0.2, -0.15) is 0 Å². The van der Waals surface area contributed by atoms with Crippen LogP contribution in [0.2, 0.25) is 0 Å². The third-order valence-corrected chi connectivity index (χ3v) is 4.93. The van der Waals surface area contributed by atoms with Gasteiger partial charge in [-0.3, -0.25) is 4.79 Å². The first-order valence-corrected chi connectivity index (χ1v) is 12.0. The molecule has 0 aromatic heterocycles. The predicted octanol–water partition coefficient (Wildman–Crippen LogP) is 5.71. The van der Waals surface area contributed by atoms with Crippen LogP contribution < -0.4 is 5.32 Å². The van der Waals surface area contributed by atoms with Gasteiger partial charge >= 0.3 is 11.9 Å². The average molecular weight is 438 g/mol. The molecular weight excluding hydrogens is 394 g/mol. The van der Waals surface area contributed by atoms with E-state index in [1.165, 1.54) is 57.8 Å². The molecule has 6 nitrogen and oxygen atoms in total.